The van der Waals surface area contributed by atoms with Crippen molar-refractivity contribution in [3.05, 3.63) is 0 Å². The molecule has 0 spiro atoms. The van der Waals surface area contributed by atoms with Crippen LogP contribution in [0.15, 0.2) is 0 Å². The number of amides is 1. The Bertz CT molecular complexity index is 211. The van der Waals surface area contributed by atoms with Gasteiger partial charge in [-0.2, -0.15) is 0 Å². The minimum atomic E-state index is 0.281. The van der Waals surface area contributed by atoms with E-state index in [9.17, 15) is 4.79 Å². The van der Waals surface area contributed by atoms with Crippen LogP contribution in [-0.2, 0) is 4.79 Å². The minimum Gasteiger partial charge on any atom is -0.343 e. The van der Waals surface area contributed by atoms with Crippen molar-refractivity contribution in [1.29, 1.82) is 0 Å². The zero-order chi connectivity index (χ0) is 14.5. The molecule has 1 atom stereocenters. The van der Waals surface area contributed by atoms with E-state index in [0.717, 1.165) is 25.9 Å². The van der Waals surface area contributed by atoms with Gasteiger partial charge in [-0.3, -0.25) is 4.79 Å². The van der Waals surface area contributed by atoms with Gasteiger partial charge in [-0.1, -0.05) is 58.8 Å². The zero-order valence-corrected chi connectivity index (χ0v) is 13.7. The fourth-order valence-electron chi connectivity index (χ4n) is 2.64. The molecule has 0 N–H and O–H groups in total. The molecule has 0 aromatic carbocycles. The Morgan fingerprint density at radius 2 is 1.26 bits per heavy atom. The predicted molar refractivity (Wildman–Crippen MR) is 84.3 cm³/mol. The van der Waals surface area contributed by atoms with Crippen molar-refractivity contribution in [3.8, 4) is 0 Å². The van der Waals surface area contributed by atoms with E-state index < -0.39 is 0 Å². The molecular formula is C17H35NO. The first-order valence-electron chi connectivity index (χ1n) is 8.49. The van der Waals surface area contributed by atoms with E-state index in [1.54, 1.807) is 0 Å². The lowest BCUT2D eigenvalue weighted by Crippen LogP contribution is -2.36. The molecule has 0 rings (SSSR count). The SMILES string of the molecule is CCCCCCC(CCCCC)C(=O)N(CC)CC. The molecule has 1 unspecified atom stereocenters. The Kier molecular flexibility index (Phi) is 12.2. The van der Waals surface area contributed by atoms with E-state index in [-0.39, 0.29) is 5.92 Å². The number of unbranched alkanes of at least 4 members (excludes halogenated alkanes) is 5. The average Bonchev–Trinajstić information content (AvgIpc) is 2.42. The number of rotatable bonds is 12. The standard InChI is InChI=1S/C17H35NO/c1-5-9-11-13-15-16(14-12-10-6-2)17(19)18(7-3)8-4/h16H,5-15H2,1-4H3. The van der Waals surface area contributed by atoms with Crippen LogP contribution in [0.1, 0.15) is 85.5 Å². The highest BCUT2D eigenvalue weighted by Crippen LogP contribution is 2.20. The molecule has 0 aromatic rings. The van der Waals surface area contributed by atoms with Gasteiger partial charge in [-0.15, -0.1) is 0 Å². The monoisotopic (exact) mass is 269 g/mol. The van der Waals surface area contributed by atoms with E-state index in [1.807, 2.05) is 4.90 Å². The lowest BCUT2D eigenvalue weighted by Gasteiger charge is -2.25. The topological polar surface area (TPSA) is 20.3 Å². The van der Waals surface area contributed by atoms with E-state index in [2.05, 4.69) is 27.7 Å². The molecular weight excluding hydrogens is 234 g/mol. The number of nitrogens with zero attached hydrogens (tertiary/aromatic N) is 1. The quantitative estimate of drug-likeness (QED) is 0.455. The maximum atomic E-state index is 12.5. The fourth-order valence-corrected chi connectivity index (χ4v) is 2.64. The summed E-state index contributed by atoms with van der Waals surface area (Å²) < 4.78 is 0. The van der Waals surface area contributed by atoms with Crippen LogP contribution in [0.3, 0.4) is 0 Å². The van der Waals surface area contributed by atoms with Crippen LogP contribution in [0, 0.1) is 5.92 Å². The van der Waals surface area contributed by atoms with Gasteiger partial charge in [-0.05, 0) is 26.7 Å². The van der Waals surface area contributed by atoms with Crippen molar-refractivity contribution < 1.29 is 4.79 Å². The van der Waals surface area contributed by atoms with Gasteiger partial charge in [0.1, 0.15) is 0 Å². The molecule has 2 nitrogen and oxygen atoms in total. The molecule has 2 heteroatoms. The van der Waals surface area contributed by atoms with E-state index in [1.165, 1.54) is 44.9 Å². The summed E-state index contributed by atoms with van der Waals surface area (Å²) in [6, 6.07) is 0. The Hall–Kier alpha value is -0.530. The molecule has 0 heterocycles. The summed E-state index contributed by atoms with van der Waals surface area (Å²) in [5, 5.41) is 0. The van der Waals surface area contributed by atoms with Gasteiger partial charge in [0.2, 0.25) is 5.91 Å². The Morgan fingerprint density at radius 1 is 0.789 bits per heavy atom. The van der Waals surface area contributed by atoms with Crippen LogP contribution < -0.4 is 0 Å². The molecule has 19 heavy (non-hydrogen) atoms. The second-order valence-electron chi connectivity index (χ2n) is 5.55. The number of carbonyl (C=O) groups excluding carboxylic acids is 1. The third-order valence-electron chi connectivity index (χ3n) is 3.99. The third-order valence-corrected chi connectivity index (χ3v) is 3.99. The first kappa shape index (κ1) is 18.5. The second-order valence-corrected chi connectivity index (χ2v) is 5.55. The van der Waals surface area contributed by atoms with Gasteiger partial charge in [0.15, 0.2) is 0 Å². The highest BCUT2D eigenvalue weighted by atomic mass is 16.2. The van der Waals surface area contributed by atoms with Gasteiger partial charge < -0.3 is 4.90 Å². The van der Waals surface area contributed by atoms with Crippen LogP contribution in [0.5, 0.6) is 0 Å². The fraction of sp³-hybridized carbons (Fsp3) is 0.941. The normalized spacial score (nSPS) is 12.4. The van der Waals surface area contributed by atoms with Crippen LogP contribution in [-0.4, -0.2) is 23.9 Å². The minimum absolute atomic E-state index is 0.281. The molecule has 0 aliphatic heterocycles. The molecule has 0 radical (unpaired) electrons. The molecule has 0 saturated heterocycles. The molecule has 0 aromatic heterocycles. The first-order chi connectivity index (χ1) is 9.21. The lowest BCUT2D eigenvalue weighted by atomic mass is 9.93. The molecule has 0 aliphatic carbocycles. The molecule has 0 bridgehead atoms. The maximum Gasteiger partial charge on any atom is 0.225 e. The summed E-state index contributed by atoms with van der Waals surface area (Å²) >= 11 is 0. The molecule has 0 aliphatic rings. The Balaban J connectivity index is 4.25. The average molecular weight is 269 g/mol. The van der Waals surface area contributed by atoms with Gasteiger partial charge in [-0.25, -0.2) is 0 Å². The van der Waals surface area contributed by atoms with Crippen molar-refractivity contribution in [2.45, 2.75) is 85.5 Å². The highest BCUT2D eigenvalue weighted by Gasteiger charge is 2.21. The number of hydrogen-bond donors (Lipinski definition) is 0. The van der Waals surface area contributed by atoms with Crippen molar-refractivity contribution in [1.82, 2.24) is 4.90 Å². The number of hydrogen-bond acceptors (Lipinski definition) is 1. The predicted octanol–water partition coefficient (Wildman–Crippen LogP) is 5.02. The number of carbonyl (C=O) groups is 1. The van der Waals surface area contributed by atoms with Crippen LogP contribution in [0.4, 0.5) is 0 Å². The van der Waals surface area contributed by atoms with Crippen molar-refractivity contribution in [3.63, 3.8) is 0 Å². The van der Waals surface area contributed by atoms with Crippen LogP contribution in [0.2, 0.25) is 0 Å². The zero-order valence-electron chi connectivity index (χ0n) is 13.7. The summed E-state index contributed by atoms with van der Waals surface area (Å²) in [5.41, 5.74) is 0. The van der Waals surface area contributed by atoms with E-state index in [4.69, 9.17) is 0 Å². The first-order valence-corrected chi connectivity index (χ1v) is 8.49. The molecule has 0 fully saturated rings. The molecule has 1 amide bonds. The van der Waals surface area contributed by atoms with Crippen LogP contribution in [0.25, 0.3) is 0 Å². The highest BCUT2D eigenvalue weighted by molar-refractivity contribution is 5.78. The van der Waals surface area contributed by atoms with Gasteiger partial charge >= 0.3 is 0 Å². The summed E-state index contributed by atoms with van der Waals surface area (Å²) in [6.07, 6.45) is 11.0. The summed E-state index contributed by atoms with van der Waals surface area (Å²) in [4.78, 5) is 14.5. The smallest absolute Gasteiger partial charge is 0.225 e. The van der Waals surface area contributed by atoms with E-state index >= 15 is 0 Å². The Morgan fingerprint density at radius 3 is 1.74 bits per heavy atom. The van der Waals surface area contributed by atoms with E-state index in [0.29, 0.717) is 5.91 Å². The summed E-state index contributed by atoms with van der Waals surface area (Å²) in [7, 11) is 0. The van der Waals surface area contributed by atoms with Gasteiger partial charge in [0, 0.05) is 19.0 Å². The van der Waals surface area contributed by atoms with Crippen molar-refractivity contribution >= 4 is 5.91 Å². The lowest BCUT2D eigenvalue weighted by molar-refractivity contribution is -0.135. The van der Waals surface area contributed by atoms with Crippen LogP contribution >= 0.6 is 0 Å². The van der Waals surface area contributed by atoms with Gasteiger partial charge in [0.05, 0.1) is 0 Å². The van der Waals surface area contributed by atoms with Crippen molar-refractivity contribution in [2.24, 2.45) is 5.92 Å². The Labute approximate surface area is 120 Å². The summed E-state index contributed by atoms with van der Waals surface area (Å²) in [5.74, 6) is 0.681. The molecule has 0 saturated carbocycles. The maximum absolute atomic E-state index is 12.5. The molecule has 114 valence electrons. The summed E-state index contributed by atoms with van der Waals surface area (Å²) in [6.45, 7) is 10.3. The van der Waals surface area contributed by atoms with Crippen molar-refractivity contribution in [2.75, 3.05) is 13.1 Å². The third kappa shape index (κ3) is 8.28. The van der Waals surface area contributed by atoms with Gasteiger partial charge in [0.25, 0.3) is 0 Å². The second kappa shape index (κ2) is 12.5. The largest absolute Gasteiger partial charge is 0.343 e.